The van der Waals surface area contributed by atoms with Gasteiger partial charge in [0, 0.05) is 7.05 Å². The van der Waals surface area contributed by atoms with E-state index >= 15 is 0 Å². The molecule has 11 heteroatoms. The summed E-state index contributed by atoms with van der Waals surface area (Å²) in [5.41, 5.74) is 2.79. The molecule has 3 rings (SSSR count). The standard InChI is InChI=1S/C20H22ClN5O4S/c1-11-7-6-8-12(2)17(11)25-31(28,29)15-9-14(10-22-20(15)30-5)23-19(27)16-13(3)24-26(4)18(16)21/h6-10,25H,1-5H3,(H,23,27). The van der Waals surface area contributed by atoms with Crippen LogP contribution in [0.25, 0.3) is 0 Å². The fraction of sp³-hybridized carbons (Fsp3) is 0.250. The Morgan fingerprint density at radius 3 is 2.39 bits per heavy atom. The number of halogens is 1. The Labute approximate surface area is 185 Å². The van der Waals surface area contributed by atoms with Crippen molar-refractivity contribution in [2.75, 3.05) is 17.1 Å². The first kappa shape index (κ1) is 22.6. The highest BCUT2D eigenvalue weighted by molar-refractivity contribution is 7.92. The van der Waals surface area contributed by atoms with Gasteiger partial charge in [-0.05, 0) is 38.0 Å². The first-order valence-electron chi connectivity index (χ1n) is 9.18. The molecule has 0 fully saturated rings. The van der Waals surface area contributed by atoms with Crippen LogP contribution in [-0.2, 0) is 17.1 Å². The second-order valence-electron chi connectivity index (χ2n) is 6.93. The summed E-state index contributed by atoms with van der Waals surface area (Å²) in [7, 11) is -1.13. The van der Waals surface area contributed by atoms with Crippen molar-refractivity contribution in [3.63, 3.8) is 0 Å². The predicted molar refractivity (Wildman–Crippen MR) is 118 cm³/mol. The third-order valence-corrected chi connectivity index (χ3v) is 6.43. The van der Waals surface area contributed by atoms with Gasteiger partial charge in [-0.25, -0.2) is 13.4 Å². The molecule has 0 aliphatic heterocycles. The van der Waals surface area contributed by atoms with Gasteiger partial charge in [-0.3, -0.25) is 14.2 Å². The zero-order chi connectivity index (χ0) is 22.9. The highest BCUT2D eigenvalue weighted by atomic mass is 35.5. The molecule has 1 amide bonds. The predicted octanol–water partition coefficient (Wildman–Crippen LogP) is 3.46. The summed E-state index contributed by atoms with van der Waals surface area (Å²) in [5, 5.41) is 6.89. The number of amides is 1. The number of para-hydroxylation sites is 1. The minimum Gasteiger partial charge on any atom is -0.480 e. The molecule has 0 radical (unpaired) electrons. The number of ether oxygens (including phenoxy) is 1. The van der Waals surface area contributed by atoms with Crippen LogP contribution >= 0.6 is 11.6 Å². The van der Waals surface area contributed by atoms with E-state index in [9.17, 15) is 13.2 Å². The Morgan fingerprint density at radius 1 is 1.19 bits per heavy atom. The van der Waals surface area contributed by atoms with Gasteiger partial charge < -0.3 is 10.1 Å². The zero-order valence-electron chi connectivity index (χ0n) is 17.6. The van der Waals surface area contributed by atoms with Crippen LogP contribution in [0.1, 0.15) is 27.2 Å². The zero-order valence-corrected chi connectivity index (χ0v) is 19.2. The maximum atomic E-state index is 13.1. The lowest BCUT2D eigenvalue weighted by Gasteiger charge is -2.15. The number of carbonyl (C=O) groups is 1. The van der Waals surface area contributed by atoms with Crippen molar-refractivity contribution in [3.8, 4) is 5.88 Å². The normalized spacial score (nSPS) is 11.3. The molecule has 2 aromatic heterocycles. The van der Waals surface area contributed by atoms with Crippen LogP contribution in [0.3, 0.4) is 0 Å². The van der Waals surface area contributed by atoms with Gasteiger partial charge in [0.15, 0.2) is 4.90 Å². The highest BCUT2D eigenvalue weighted by Gasteiger charge is 2.25. The third kappa shape index (κ3) is 4.49. The third-order valence-electron chi connectivity index (χ3n) is 4.66. The molecule has 31 heavy (non-hydrogen) atoms. The van der Waals surface area contributed by atoms with Crippen molar-refractivity contribution in [1.29, 1.82) is 0 Å². The number of nitrogens with one attached hydrogen (secondary N) is 2. The molecule has 0 aliphatic carbocycles. The summed E-state index contributed by atoms with van der Waals surface area (Å²) in [5.74, 6) is -0.638. The van der Waals surface area contributed by atoms with Gasteiger partial charge in [-0.1, -0.05) is 29.8 Å². The average Bonchev–Trinajstić information content (AvgIpc) is 2.96. The topological polar surface area (TPSA) is 115 Å². The summed E-state index contributed by atoms with van der Waals surface area (Å²) >= 11 is 6.14. The molecular formula is C20H22ClN5O4S. The van der Waals surface area contributed by atoms with Crippen molar-refractivity contribution in [3.05, 3.63) is 58.0 Å². The van der Waals surface area contributed by atoms with Crippen LogP contribution in [-0.4, -0.2) is 36.2 Å². The quantitative estimate of drug-likeness (QED) is 0.578. The fourth-order valence-corrected chi connectivity index (χ4v) is 4.70. The number of sulfonamides is 1. The molecule has 0 bridgehead atoms. The van der Waals surface area contributed by atoms with Gasteiger partial charge in [0.2, 0.25) is 5.88 Å². The van der Waals surface area contributed by atoms with Gasteiger partial charge in [-0.15, -0.1) is 0 Å². The minimum atomic E-state index is -4.07. The molecule has 2 heterocycles. The summed E-state index contributed by atoms with van der Waals surface area (Å²) in [6.45, 7) is 5.26. The molecule has 0 saturated carbocycles. The smallest absolute Gasteiger partial charge is 0.267 e. The first-order valence-corrected chi connectivity index (χ1v) is 11.0. The number of carbonyl (C=O) groups excluding carboxylic acids is 1. The second kappa shape index (κ2) is 8.56. The van der Waals surface area contributed by atoms with E-state index in [1.165, 1.54) is 24.1 Å². The van der Waals surface area contributed by atoms with Crippen molar-refractivity contribution >= 4 is 38.9 Å². The molecule has 0 aliphatic rings. The highest BCUT2D eigenvalue weighted by Crippen LogP contribution is 2.29. The van der Waals surface area contributed by atoms with Gasteiger partial charge in [0.25, 0.3) is 15.9 Å². The van der Waals surface area contributed by atoms with Crippen LogP contribution in [0.4, 0.5) is 11.4 Å². The Morgan fingerprint density at radius 2 is 1.84 bits per heavy atom. The molecular weight excluding hydrogens is 442 g/mol. The molecule has 1 aromatic carbocycles. The number of aryl methyl sites for hydroxylation is 4. The molecule has 2 N–H and O–H groups in total. The lowest BCUT2D eigenvalue weighted by molar-refractivity contribution is 0.102. The summed E-state index contributed by atoms with van der Waals surface area (Å²) in [4.78, 5) is 16.5. The number of methoxy groups -OCH3 is 1. The summed E-state index contributed by atoms with van der Waals surface area (Å²) < 4.78 is 35.4. The van der Waals surface area contributed by atoms with E-state index in [4.69, 9.17) is 16.3 Å². The maximum Gasteiger partial charge on any atom is 0.267 e. The number of benzene rings is 1. The van der Waals surface area contributed by atoms with Crippen molar-refractivity contribution in [2.45, 2.75) is 25.7 Å². The number of rotatable bonds is 6. The Bertz CT molecular complexity index is 1250. The number of aromatic nitrogens is 3. The van der Waals surface area contributed by atoms with Crippen molar-refractivity contribution in [1.82, 2.24) is 14.8 Å². The summed E-state index contributed by atoms with van der Waals surface area (Å²) in [6.07, 6.45) is 1.30. The lowest BCUT2D eigenvalue weighted by Crippen LogP contribution is -2.18. The fourth-order valence-electron chi connectivity index (χ4n) is 3.09. The molecule has 164 valence electrons. The molecule has 3 aromatic rings. The largest absolute Gasteiger partial charge is 0.480 e. The van der Waals surface area contributed by atoms with E-state index in [1.54, 1.807) is 40.0 Å². The van der Waals surface area contributed by atoms with Gasteiger partial charge in [0.05, 0.1) is 35.9 Å². The van der Waals surface area contributed by atoms with E-state index in [-0.39, 0.29) is 27.2 Å². The monoisotopic (exact) mass is 463 g/mol. The van der Waals surface area contributed by atoms with E-state index in [1.807, 2.05) is 6.07 Å². The van der Waals surface area contributed by atoms with Crippen molar-refractivity contribution in [2.24, 2.45) is 7.05 Å². The van der Waals surface area contributed by atoms with Gasteiger partial charge in [-0.2, -0.15) is 5.10 Å². The van der Waals surface area contributed by atoms with Crippen LogP contribution in [0, 0.1) is 20.8 Å². The van der Waals surface area contributed by atoms with E-state index in [2.05, 4.69) is 20.1 Å². The molecule has 9 nitrogen and oxygen atoms in total. The summed E-state index contributed by atoms with van der Waals surface area (Å²) in [6, 6.07) is 6.72. The van der Waals surface area contributed by atoms with Gasteiger partial charge in [0.1, 0.15) is 5.15 Å². The van der Waals surface area contributed by atoms with E-state index in [0.717, 1.165) is 11.1 Å². The average molecular weight is 464 g/mol. The van der Waals surface area contributed by atoms with Crippen LogP contribution in [0.2, 0.25) is 5.15 Å². The number of pyridine rings is 1. The lowest BCUT2D eigenvalue weighted by atomic mass is 10.1. The second-order valence-corrected chi connectivity index (χ2v) is 8.94. The number of anilines is 2. The molecule has 0 unspecified atom stereocenters. The number of hydrogen-bond acceptors (Lipinski definition) is 6. The maximum absolute atomic E-state index is 13.1. The van der Waals surface area contributed by atoms with E-state index in [0.29, 0.717) is 11.4 Å². The van der Waals surface area contributed by atoms with Crippen LogP contribution in [0.5, 0.6) is 5.88 Å². The Kier molecular flexibility index (Phi) is 6.23. The first-order chi connectivity index (χ1) is 14.5. The van der Waals surface area contributed by atoms with Crippen LogP contribution < -0.4 is 14.8 Å². The minimum absolute atomic E-state index is 0.104. The Hall–Kier alpha value is -3.11. The number of hydrogen-bond donors (Lipinski definition) is 2. The Balaban J connectivity index is 1.98. The van der Waals surface area contributed by atoms with Gasteiger partial charge >= 0.3 is 0 Å². The SMILES string of the molecule is COc1ncc(NC(=O)c2c(C)nn(C)c2Cl)cc1S(=O)(=O)Nc1c(C)cccc1C. The molecule has 0 spiro atoms. The van der Waals surface area contributed by atoms with E-state index < -0.39 is 15.9 Å². The molecule has 0 atom stereocenters. The van der Waals surface area contributed by atoms with Crippen molar-refractivity contribution < 1.29 is 17.9 Å². The number of nitrogens with zero attached hydrogens (tertiary/aromatic N) is 3. The molecule has 0 saturated heterocycles. The van der Waals surface area contributed by atoms with Crippen LogP contribution in [0.15, 0.2) is 35.4 Å².